The van der Waals surface area contributed by atoms with Gasteiger partial charge in [-0.1, -0.05) is 11.8 Å². The van der Waals surface area contributed by atoms with Gasteiger partial charge in [0.2, 0.25) is 0 Å². The smallest absolute Gasteiger partial charge is 0.339 e. The van der Waals surface area contributed by atoms with E-state index in [1.807, 2.05) is 0 Å². The van der Waals surface area contributed by atoms with E-state index in [1.54, 1.807) is 6.92 Å². The van der Waals surface area contributed by atoms with E-state index in [9.17, 15) is 19.8 Å². The van der Waals surface area contributed by atoms with Crippen LogP contribution in [0.2, 0.25) is 0 Å². The monoisotopic (exact) mass is 264 g/mol. The van der Waals surface area contributed by atoms with E-state index in [0.29, 0.717) is 0 Å². The summed E-state index contributed by atoms with van der Waals surface area (Å²) in [7, 11) is 0. The van der Waals surface area contributed by atoms with Gasteiger partial charge in [-0.2, -0.15) is 0 Å². The van der Waals surface area contributed by atoms with Crippen LogP contribution in [0.5, 0.6) is 11.5 Å². The van der Waals surface area contributed by atoms with Crippen LogP contribution in [-0.4, -0.2) is 33.9 Å². The maximum Gasteiger partial charge on any atom is 0.339 e. The highest BCUT2D eigenvalue weighted by molar-refractivity contribution is 5.91. The van der Waals surface area contributed by atoms with E-state index in [2.05, 4.69) is 16.6 Å². The van der Waals surface area contributed by atoms with Gasteiger partial charge in [-0.05, 0) is 13.0 Å². The largest absolute Gasteiger partial charge is 0.507 e. The van der Waals surface area contributed by atoms with Crippen LogP contribution < -0.4 is 0 Å². The molecule has 0 bridgehead atoms. The zero-order valence-electron chi connectivity index (χ0n) is 10.1. The summed E-state index contributed by atoms with van der Waals surface area (Å²) in [5.41, 5.74) is -0.363. The fraction of sp³-hybridized carbons (Fsp3) is 0.231. The molecule has 3 N–H and O–H groups in total. The number of ether oxygens (including phenoxy) is 1. The second-order valence-electron chi connectivity index (χ2n) is 3.48. The number of phenolic OH excluding ortho intramolecular Hbond substituents is 1. The molecule has 0 unspecified atom stereocenters. The Balaban J connectivity index is 2.96. The molecular weight excluding hydrogens is 252 g/mol. The Morgan fingerprint density at radius 3 is 2.53 bits per heavy atom. The Hall–Kier alpha value is -2.68. The summed E-state index contributed by atoms with van der Waals surface area (Å²) in [6, 6.07) is 1.92. The van der Waals surface area contributed by atoms with Crippen molar-refractivity contribution in [3.05, 3.63) is 23.3 Å². The van der Waals surface area contributed by atoms with E-state index in [0.717, 1.165) is 12.1 Å². The average Bonchev–Trinajstić information content (AvgIpc) is 2.31. The molecule has 0 aliphatic heterocycles. The van der Waals surface area contributed by atoms with Gasteiger partial charge in [-0.3, -0.25) is 4.79 Å². The number of aromatic carboxylic acids is 1. The van der Waals surface area contributed by atoms with Crippen molar-refractivity contribution in [2.45, 2.75) is 13.3 Å². The van der Waals surface area contributed by atoms with E-state index in [1.165, 1.54) is 0 Å². The third kappa shape index (κ3) is 3.92. The molecule has 6 nitrogen and oxygen atoms in total. The number of phenols is 2. The molecule has 1 aromatic carbocycles. The number of esters is 1. The molecule has 0 aliphatic carbocycles. The summed E-state index contributed by atoms with van der Waals surface area (Å²) in [4.78, 5) is 21.8. The minimum Gasteiger partial charge on any atom is -0.507 e. The third-order valence-electron chi connectivity index (χ3n) is 2.11. The Kier molecular flexibility index (Phi) is 4.77. The molecule has 0 atom stereocenters. The van der Waals surface area contributed by atoms with Crippen LogP contribution in [0.25, 0.3) is 0 Å². The second-order valence-corrected chi connectivity index (χ2v) is 3.48. The molecular formula is C13H12O6. The maximum absolute atomic E-state index is 11.0. The molecule has 0 saturated carbocycles. The van der Waals surface area contributed by atoms with Crippen LogP contribution in [0.3, 0.4) is 0 Å². The van der Waals surface area contributed by atoms with Crippen molar-refractivity contribution in [3.8, 4) is 23.3 Å². The minimum absolute atomic E-state index is 0.0134. The summed E-state index contributed by atoms with van der Waals surface area (Å²) in [5.74, 6) is 2.14. The van der Waals surface area contributed by atoms with Gasteiger partial charge < -0.3 is 20.1 Å². The second kappa shape index (κ2) is 6.31. The molecule has 0 saturated heterocycles. The number of benzene rings is 1. The highest BCUT2D eigenvalue weighted by Crippen LogP contribution is 2.26. The standard InChI is InChI=1S/C13H12O6/c1-2-19-12(16)5-3-4-8-6-9(13(17)18)11(15)7-10(8)14/h6-7,14-15H,2,5H2,1H3,(H,17,18). The zero-order chi connectivity index (χ0) is 14.4. The first kappa shape index (κ1) is 14.4. The zero-order valence-corrected chi connectivity index (χ0v) is 10.1. The first-order valence-corrected chi connectivity index (χ1v) is 5.39. The SMILES string of the molecule is CCOC(=O)CC#Cc1cc(C(=O)O)c(O)cc1O. The van der Waals surface area contributed by atoms with Crippen molar-refractivity contribution in [2.75, 3.05) is 6.61 Å². The van der Waals surface area contributed by atoms with Gasteiger partial charge in [0.15, 0.2) is 0 Å². The Bertz CT molecular complexity index is 564. The van der Waals surface area contributed by atoms with Gasteiger partial charge in [-0.15, -0.1) is 0 Å². The van der Waals surface area contributed by atoms with Gasteiger partial charge in [-0.25, -0.2) is 4.79 Å². The van der Waals surface area contributed by atoms with Crippen molar-refractivity contribution in [3.63, 3.8) is 0 Å². The molecule has 0 amide bonds. The van der Waals surface area contributed by atoms with E-state index >= 15 is 0 Å². The summed E-state index contributed by atoms with van der Waals surface area (Å²) in [6.07, 6.45) is -0.170. The van der Waals surface area contributed by atoms with Crippen molar-refractivity contribution in [2.24, 2.45) is 0 Å². The first-order valence-electron chi connectivity index (χ1n) is 5.39. The number of carboxylic acids is 1. The molecule has 0 aliphatic rings. The lowest BCUT2D eigenvalue weighted by molar-refractivity contribution is -0.141. The van der Waals surface area contributed by atoms with Crippen molar-refractivity contribution < 1.29 is 29.6 Å². The number of carbonyl (C=O) groups is 2. The summed E-state index contributed by atoms with van der Waals surface area (Å²) in [5, 5.41) is 27.6. The Morgan fingerprint density at radius 1 is 1.26 bits per heavy atom. The van der Waals surface area contributed by atoms with Gasteiger partial charge in [0.1, 0.15) is 23.5 Å². The van der Waals surface area contributed by atoms with Crippen molar-refractivity contribution in [1.29, 1.82) is 0 Å². The number of hydrogen-bond donors (Lipinski definition) is 3. The molecule has 100 valence electrons. The highest BCUT2D eigenvalue weighted by Gasteiger charge is 2.13. The van der Waals surface area contributed by atoms with E-state index < -0.39 is 17.7 Å². The molecule has 0 heterocycles. The van der Waals surface area contributed by atoms with Gasteiger partial charge >= 0.3 is 11.9 Å². The fourth-order valence-corrected chi connectivity index (χ4v) is 1.27. The number of hydrogen-bond acceptors (Lipinski definition) is 5. The molecule has 1 aromatic rings. The summed E-state index contributed by atoms with van der Waals surface area (Å²) < 4.78 is 4.65. The number of carbonyl (C=O) groups excluding carboxylic acids is 1. The molecule has 6 heteroatoms. The third-order valence-corrected chi connectivity index (χ3v) is 2.11. The van der Waals surface area contributed by atoms with Crippen LogP contribution in [0.4, 0.5) is 0 Å². The molecule has 0 spiro atoms. The Morgan fingerprint density at radius 2 is 1.95 bits per heavy atom. The summed E-state index contributed by atoms with van der Waals surface area (Å²) in [6.45, 7) is 1.91. The molecule has 19 heavy (non-hydrogen) atoms. The molecule has 0 aromatic heterocycles. The number of rotatable bonds is 3. The first-order chi connectivity index (χ1) is 8.95. The van der Waals surface area contributed by atoms with E-state index in [-0.39, 0.29) is 29.9 Å². The van der Waals surface area contributed by atoms with E-state index in [4.69, 9.17) is 5.11 Å². The van der Waals surface area contributed by atoms with Crippen molar-refractivity contribution >= 4 is 11.9 Å². The number of carboxylic acid groups (broad SMARTS) is 1. The Labute approximate surface area is 109 Å². The number of aromatic hydroxyl groups is 2. The lowest BCUT2D eigenvalue weighted by Gasteiger charge is -2.02. The summed E-state index contributed by atoms with van der Waals surface area (Å²) >= 11 is 0. The lowest BCUT2D eigenvalue weighted by atomic mass is 10.1. The molecule has 0 radical (unpaired) electrons. The average molecular weight is 264 g/mol. The molecule has 0 fully saturated rings. The lowest BCUT2D eigenvalue weighted by Crippen LogP contribution is -2.01. The van der Waals surface area contributed by atoms with Crippen LogP contribution in [0, 0.1) is 11.8 Å². The van der Waals surface area contributed by atoms with Gasteiger partial charge in [0.25, 0.3) is 0 Å². The maximum atomic E-state index is 11.0. The van der Waals surface area contributed by atoms with Crippen LogP contribution in [-0.2, 0) is 9.53 Å². The van der Waals surface area contributed by atoms with Crippen molar-refractivity contribution in [1.82, 2.24) is 0 Å². The van der Waals surface area contributed by atoms with Crippen LogP contribution >= 0.6 is 0 Å². The normalized spacial score (nSPS) is 9.32. The predicted octanol–water partition coefficient (Wildman–Crippen LogP) is 1.10. The van der Waals surface area contributed by atoms with Crippen LogP contribution in [0.15, 0.2) is 12.1 Å². The van der Waals surface area contributed by atoms with Crippen LogP contribution in [0.1, 0.15) is 29.3 Å². The van der Waals surface area contributed by atoms with Gasteiger partial charge in [0.05, 0.1) is 12.2 Å². The minimum atomic E-state index is -1.34. The topological polar surface area (TPSA) is 104 Å². The highest BCUT2D eigenvalue weighted by atomic mass is 16.5. The fourth-order valence-electron chi connectivity index (χ4n) is 1.27. The van der Waals surface area contributed by atoms with Gasteiger partial charge in [0, 0.05) is 6.07 Å². The molecule has 1 rings (SSSR count). The quantitative estimate of drug-likeness (QED) is 0.558. The predicted molar refractivity (Wildman–Crippen MR) is 64.9 cm³/mol.